The second-order valence-corrected chi connectivity index (χ2v) is 10.3. The third kappa shape index (κ3) is 6.06. The molecule has 1 amide bonds. The standard InChI is InChI=1S/C22H35N3O5S/c1-7-8-18-9-10-21-19(11-18)30-20(13-24(6)22(27)14-23(4)5)16(2)12-25(17(3)15-26)31(21,28)29/h7-11,16-17,20,26H,12-15H2,1-6H3/b8-7+/t16-,17+,20+/m1/s1. The van der Waals surface area contributed by atoms with Crippen molar-refractivity contribution in [3.05, 3.63) is 29.8 Å². The fourth-order valence-electron chi connectivity index (χ4n) is 3.52. The molecule has 0 aromatic heterocycles. The van der Waals surface area contributed by atoms with Gasteiger partial charge >= 0.3 is 0 Å². The predicted octanol–water partition coefficient (Wildman–Crippen LogP) is 1.51. The van der Waals surface area contributed by atoms with Crippen molar-refractivity contribution >= 4 is 22.0 Å². The lowest BCUT2D eigenvalue weighted by molar-refractivity contribution is -0.132. The number of sulfonamides is 1. The van der Waals surface area contributed by atoms with Gasteiger partial charge in [0.05, 0.1) is 19.7 Å². The van der Waals surface area contributed by atoms with Crippen molar-refractivity contribution in [3.63, 3.8) is 0 Å². The molecule has 2 rings (SSSR count). The van der Waals surface area contributed by atoms with Crippen LogP contribution in [0.2, 0.25) is 0 Å². The number of hydrogen-bond acceptors (Lipinski definition) is 6. The van der Waals surface area contributed by atoms with Gasteiger partial charge < -0.3 is 19.6 Å². The summed E-state index contributed by atoms with van der Waals surface area (Å²) in [5.41, 5.74) is 0.822. The zero-order valence-electron chi connectivity index (χ0n) is 19.3. The average molecular weight is 454 g/mol. The number of fused-ring (bicyclic) bond motifs is 1. The van der Waals surface area contributed by atoms with E-state index in [-0.39, 0.29) is 42.2 Å². The van der Waals surface area contributed by atoms with E-state index >= 15 is 0 Å². The molecule has 9 heteroatoms. The first-order chi connectivity index (χ1) is 14.5. The Labute approximate surface area is 186 Å². The summed E-state index contributed by atoms with van der Waals surface area (Å²) < 4.78 is 34.4. The highest BCUT2D eigenvalue weighted by Crippen LogP contribution is 2.34. The number of benzene rings is 1. The molecule has 8 nitrogen and oxygen atoms in total. The fraction of sp³-hybridized carbons (Fsp3) is 0.591. The van der Waals surface area contributed by atoms with E-state index in [0.717, 1.165) is 5.56 Å². The molecule has 3 atom stereocenters. The Hall–Kier alpha value is -1.94. The molecule has 0 radical (unpaired) electrons. The minimum Gasteiger partial charge on any atom is -0.487 e. The summed E-state index contributed by atoms with van der Waals surface area (Å²) in [7, 11) is 1.52. The summed E-state index contributed by atoms with van der Waals surface area (Å²) in [5, 5.41) is 9.69. The maximum atomic E-state index is 13.4. The third-order valence-corrected chi connectivity index (χ3v) is 7.40. The van der Waals surface area contributed by atoms with Gasteiger partial charge in [0.1, 0.15) is 16.7 Å². The molecule has 1 aliphatic heterocycles. The van der Waals surface area contributed by atoms with Crippen molar-refractivity contribution in [2.75, 3.05) is 47.4 Å². The van der Waals surface area contributed by atoms with Gasteiger partial charge in [0.15, 0.2) is 0 Å². The molecule has 0 fully saturated rings. The molecule has 0 saturated heterocycles. The summed E-state index contributed by atoms with van der Waals surface area (Å²) in [4.78, 5) is 16.0. The molecule has 31 heavy (non-hydrogen) atoms. The van der Waals surface area contributed by atoms with Crippen LogP contribution in [0.5, 0.6) is 5.75 Å². The second kappa shape index (κ2) is 10.6. The van der Waals surface area contributed by atoms with Gasteiger partial charge in [0.2, 0.25) is 15.9 Å². The molecule has 1 heterocycles. The van der Waals surface area contributed by atoms with Crippen LogP contribution in [0.3, 0.4) is 0 Å². The number of likely N-dealkylation sites (N-methyl/N-ethyl adjacent to an activating group) is 2. The first kappa shape index (κ1) is 25.3. The summed E-state index contributed by atoms with van der Waals surface area (Å²) in [6.45, 7) is 5.97. The normalized spacial score (nSPS) is 22.5. The minimum atomic E-state index is -3.87. The van der Waals surface area contributed by atoms with Crippen LogP contribution < -0.4 is 4.74 Å². The third-order valence-electron chi connectivity index (χ3n) is 5.38. The molecule has 0 saturated carbocycles. The van der Waals surface area contributed by atoms with E-state index in [1.165, 1.54) is 4.31 Å². The molecule has 1 aliphatic rings. The molecule has 1 aromatic carbocycles. The molecule has 0 unspecified atom stereocenters. The quantitative estimate of drug-likeness (QED) is 0.673. The zero-order valence-corrected chi connectivity index (χ0v) is 20.1. The molecule has 0 spiro atoms. The Morgan fingerprint density at radius 1 is 1.35 bits per heavy atom. The van der Waals surface area contributed by atoms with Crippen molar-refractivity contribution in [3.8, 4) is 5.75 Å². The molecule has 174 valence electrons. The van der Waals surface area contributed by atoms with Gasteiger partial charge in [-0.15, -0.1) is 0 Å². The van der Waals surface area contributed by atoms with Crippen LogP contribution in [0.25, 0.3) is 6.08 Å². The monoisotopic (exact) mass is 453 g/mol. The van der Waals surface area contributed by atoms with E-state index in [0.29, 0.717) is 6.54 Å². The Kier molecular flexibility index (Phi) is 8.65. The lowest BCUT2D eigenvalue weighted by Gasteiger charge is -2.37. The summed E-state index contributed by atoms with van der Waals surface area (Å²) in [6, 6.07) is 4.41. The topological polar surface area (TPSA) is 90.4 Å². The van der Waals surface area contributed by atoms with E-state index in [4.69, 9.17) is 4.74 Å². The van der Waals surface area contributed by atoms with E-state index in [1.807, 2.05) is 40.1 Å². The Balaban J connectivity index is 2.50. The predicted molar refractivity (Wildman–Crippen MR) is 121 cm³/mol. The highest BCUT2D eigenvalue weighted by atomic mass is 32.2. The molecular formula is C22H35N3O5S. The average Bonchev–Trinajstić information content (AvgIpc) is 2.69. The van der Waals surface area contributed by atoms with Crippen LogP contribution in [0.4, 0.5) is 0 Å². The van der Waals surface area contributed by atoms with Gasteiger partial charge in [-0.25, -0.2) is 8.42 Å². The van der Waals surface area contributed by atoms with Crippen LogP contribution in [0.15, 0.2) is 29.2 Å². The fourth-order valence-corrected chi connectivity index (χ4v) is 5.34. The highest BCUT2D eigenvalue weighted by Gasteiger charge is 2.38. The number of aliphatic hydroxyl groups excluding tert-OH is 1. The van der Waals surface area contributed by atoms with Crippen molar-refractivity contribution in [2.45, 2.75) is 37.8 Å². The smallest absolute Gasteiger partial charge is 0.247 e. The summed E-state index contributed by atoms with van der Waals surface area (Å²) in [6.07, 6.45) is 3.32. The highest BCUT2D eigenvalue weighted by molar-refractivity contribution is 7.89. The second-order valence-electron chi connectivity index (χ2n) is 8.46. The number of ether oxygens (including phenoxy) is 1. The maximum Gasteiger partial charge on any atom is 0.247 e. The van der Waals surface area contributed by atoms with E-state index in [2.05, 4.69) is 0 Å². The Bertz CT molecular complexity index is 900. The molecule has 1 aromatic rings. The number of hydrogen-bond donors (Lipinski definition) is 1. The van der Waals surface area contributed by atoms with Crippen LogP contribution in [-0.4, -0.2) is 93.1 Å². The summed E-state index contributed by atoms with van der Waals surface area (Å²) >= 11 is 0. The lowest BCUT2D eigenvalue weighted by Crippen LogP contribution is -2.50. The number of amides is 1. The van der Waals surface area contributed by atoms with Crippen molar-refractivity contribution in [1.29, 1.82) is 0 Å². The maximum absolute atomic E-state index is 13.4. The van der Waals surface area contributed by atoms with Gasteiger partial charge in [-0.1, -0.05) is 25.1 Å². The first-order valence-electron chi connectivity index (χ1n) is 10.5. The van der Waals surface area contributed by atoms with Gasteiger partial charge in [-0.2, -0.15) is 4.31 Å². The Morgan fingerprint density at radius 2 is 2.03 bits per heavy atom. The number of nitrogens with zero attached hydrogens (tertiary/aromatic N) is 3. The van der Waals surface area contributed by atoms with Gasteiger partial charge in [-0.05, 0) is 45.6 Å². The number of rotatable bonds is 7. The molecule has 1 N–H and O–H groups in total. The van der Waals surface area contributed by atoms with E-state index in [1.54, 1.807) is 42.0 Å². The van der Waals surface area contributed by atoms with Gasteiger partial charge in [0.25, 0.3) is 0 Å². The van der Waals surface area contributed by atoms with Crippen LogP contribution in [0.1, 0.15) is 26.3 Å². The van der Waals surface area contributed by atoms with Gasteiger partial charge in [-0.3, -0.25) is 4.79 Å². The molecular weight excluding hydrogens is 418 g/mol. The van der Waals surface area contributed by atoms with Crippen LogP contribution >= 0.6 is 0 Å². The SMILES string of the molecule is C/C=C/c1ccc2c(c1)O[C@@H](CN(C)C(=O)CN(C)C)[C@H](C)CN([C@@H](C)CO)S2(=O)=O. The number of allylic oxidation sites excluding steroid dienone is 1. The van der Waals surface area contributed by atoms with Crippen molar-refractivity contribution < 1.29 is 23.1 Å². The van der Waals surface area contributed by atoms with Crippen LogP contribution in [0, 0.1) is 5.92 Å². The van der Waals surface area contributed by atoms with E-state index in [9.17, 15) is 18.3 Å². The largest absolute Gasteiger partial charge is 0.487 e. The van der Waals surface area contributed by atoms with Crippen LogP contribution in [-0.2, 0) is 14.8 Å². The summed E-state index contributed by atoms with van der Waals surface area (Å²) in [5.74, 6) is 0.00612. The van der Waals surface area contributed by atoms with Crippen molar-refractivity contribution in [1.82, 2.24) is 14.1 Å². The van der Waals surface area contributed by atoms with E-state index < -0.39 is 22.2 Å². The lowest BCUT2D eigenvalue weighted by atomic mass is 10.0. The van der Waals surface area contributed by atoms with Crippen molar-refractivity contribution in [2.24, 2.45) is 5.92 Å². The molecule has 0 bridgehead atoms. The first-order valence-corrected chi connectivity index (χ1v) is 11.9. The number of carbonyl (C=O) groups excluding carboxylic acids is 1. The minimum absolute atomic E-state index is 0.0426. The number of aliphatic hydroxyl groups is 1. The zero-order chi connectivity index (χ0) is 23.3. The molecule has 0 aliphatic carbocycles. The number of carbonyl (C=O) groups is 1. The Morgan fingerprint density at radius 3 is 2.61 bits per heavy atom. The van der Waals surface area contributed by atoms with Gasteiger partial charge in [0, 0.05) is 25.6 Å².